The van der Waals surface area contributed by atoms with Crippen molar-refractivity contribution in [1.82, 2.24) is 40.3 Å². The minimum atomic E-state index is -4.78. The first-order chi connectivity index (χ1) is 18.8. The summed E-state index contributed by atoms with van der Waals surface area (Å²) in [4.78, 5) is 31.3. The minimum Gasteiger partial charge on any atom is -0.348 e. The molecule has 2 N–H and O–H groups in total. The fourth-order valence-corrected chi connectivity index (χ4v) is 4.00. The van der Waals surface area contributed by atoms with Crippen LogP contribution in [0.4, 0.5) is 18.9 Å². The predicted octanol–water partition coefficient (Wildman–Crippen LogP) is 4.49. The third-order valence-corrected chi connectivity index (χ3v) is 5.79. The van der Waals surface area contributed by atoms with E-state index in [4.69, 9.17) is 23.2 Å². The van der Waals surface area contributed by atoms with Crippen LogP contribution in [-0.4, -0.2) is 53.3 Å². The van der Waals surface area contributed by atoms with E-state index in [1.807, 2.05) is 0 Å². The summed E-state index contributed by atoms with van der Waals surface area (Å²) in [6.45, 7) is 7.00. The molecule has 0 fully saturated rings. The number of amides is 2. The van der Waals surface area contributed by atoms with Crippen molar-refractivity contribution in [3.05, 3.63) is 87.1 Å². The number of rotatable bonds is 8. The van der Waals surface area contributed by atoms with Crippen molar-refractivity contribution < 1.29 is 22.8 Å². The smallest absolute Gasteiger partial charge is 0.348 e. The van der Waals surface area contributed by atoms with Crippen LogP contribution in [0.2, 0.25) is 10.0 Å². The normalized spacial score (nSPS) is 11.4. The Balaban J connectivity index is 1.72. The molecule has 0 atom stereocenters. The maximum Gasteiger partial charge on any atom is 0.455 e. The summed E-state index contributed by atoms with van der Waals surface area (Å²) in [7, 11) is 0. The van der Waals surface area contributed by atoms with Crippen LogP contribution >= 0.6 is 23.2 Å². The fraction of sp³-hybridized carbons (Fsp3) is 0.208. The molecule has 0 spiro atoms. The Morgan fingerprint density at radius 2 is 1.88 bits per heavy atom. The van der Waals surface area contributed by atoms with E-state index in [0.29, 0.717) is 15.9 Å². The third kappa shape index (κ3) is 6.46. The van der Waals surface area contributed by atoms with Gasteiger partial charge in [-0.2, -0.15) is 23.1 Å². The lowest BCUT2D eigenvalue weighted by atomic mass is 10.1. The molecule has 0 saturated carbocycles. The number of nitrogens with zero attached hydrogens (tertiary/aromatic N) is 7. The molecule has 0 saturated heterocycles. The van der Waals surface area contributed by atoms with E-state index in [9.17, 15) is 22.8 Å². The zero-order valence-corrected chi connectivity index (χ0v) is 22.4. The molecule has 0 unspecified atom stereocenters. The molecule has 4 aromatic rings. The Labute approximate surface area is 235 Å². The Hall–Kier alpha value is -4.30. The second-order valence-corrected chi connectivity index (χ2v) is 9.47. The lowest BCUT2D eigenvalue weighted by molar-refractivity contribution is -0.145. The first kappa shape index (κ1) is 28.7. The maximum atomic E-state index is 13.6. The number of aromatic nitrogens is 7. The number of hydrogen-bond acceptors (Lipinski definition) is 7. The van der Waals surface area contributed by atoms with Crippen LogP contribution in [0, 0.1) is 6.92 Å². The molecule has 0 aliphatic heterocycles. The summed E-state index contributed by atoms with van der Waals surface area (Å²) in [5.41, 5.74) is 1.51. The summed E-state index contributed by atoms with van der Waals surface area (Å²) in [6.07, 6.45) is -3.36. The quantitative estimate of drug-likeness (QED) is 0.287. The molecule has 0 aliphatic rings. The molecule has 2 amide bonds. The van der Waals surface area contributed by atoms with Crippen molar-refractivity contribution >= 4 is 40.7 Å². The Bertz CT molecular complexity index is 1620. The number of carbonyl (C=O) groups is 2. The van der Waals surface area contributed by atoms with Gasteiger partial charge in [-0.05, 0) is 55.0 Å². The van der Waals surface area contributed by atoms with Gasteiger partial charge in [0.1, 0.15) is 12.2 Å². The summed E-state index contributed by atoms with van der Waals surface area (Å²) in [6, 6.07) is 7.38. The van der Waals surface area contributed by atoms with Crippen molar-refractivity contribution in [3.63, 3.8) is 0 Å². The lowest BCUT2D eigenvalue weighted by Gasteiger charge is -2.15. The number of tetrazole rings is 1. The largest absolute Gasteiger partial charge is 0.455 e. The minimum absolute atomic E-state index is 0.0790. The van der Waals surface area contributed by atoms with Crippen LogP contribution in [0.1, 0.15) is 44.9 Å². The van der Waals surface area contributed by atoms with E-state index >= 15 is 0 Å². The predicted molar refractivity (Wildman–Crippen MR) is 140 cm³/mol. The van der Waals surface area contributed by atoms with Gasteiger partial charge >= 0.3 is 6.18 Å². The zero-order valence-electron chi connectivity index (χ0n) is 20.9. The molecule has 4 rings (SSSR count). The van der Waals surface area contributed by atoms with E-state index in [0.717, 1.165) is 4.68 Å². The standard InChI is InChI=1S/C24H20Cl2F3N9O2/c1-12(2)10-31-21(39)16-8-14(25)7-13(3)19(16)32-22(40)18-9-15(11-37-35-23(33-36-37)24(27,28)29)34-38(18)20-17(26)5-4-6-30-20/h4-9H,1,10-11H2,2-3H3,(H,31,39)(H,32,40). The van der Waals surface area contributed by atoms with Gasteiger partial charge in [0.05, 0.1) is 22.0 Å². The number of aryl methyl sites for hydroxylation is 1. The van der Waals surface area contributed by atoms with Crippen molar-refractivity contribution in [2.45, 2.75) is 26.6 Å². The van der Waals surface area contributed by atoms with Crippen molar-refractivity contribution in [1.29, 1.82) is 0 Å². The van der Waals surface area contributed by atoms with Gasteiger partial charge in [0.25, 0.3) is 17.6 Å². The van der Waals surface area contributed by atoms with Gasteiger partial charge in [-0.15, -0.1) is 10.2 Å². The van der Waals surface area contributed by atoms with Crippen molar-refractivity contribution in [2.24, 2.45) is 0 Å². The maximum absolute atomic E-state index is 13.6. The molecule has 16 heteroatoms. The van der Waals surface area contributed by atoms with E-state index in [1.54, 1.807) is 26.0 Å². The molecule has 0 aliphatic carbocycles. The third-order valence-electron chi connectivity index (χ3n) is 5.28. The summed E-state index contributed by atoms with van der Waals surface area (Å²) in [5.74, 6) is -2.56. The number of hydrogen-bond donors (Lipinski definition) is 2. The Morgan fingerprint density at radius 3 is 2.52 bits per heavy atom. The average molecular weight is 594 g/mol. The van der Waals surface area contributed by atoms with Crippen LogP contribution in [0.25, 0.3) is 5.82 Å². The van der Waals surface area contributed by atoms with Crippen LogP contribution in [-0.2, 0) is 12.7 Å². The highest BCUT2D eigenvalue weighted by atomic mass is 35.5. The van der Waals surface area contributed by atoms with E-state index in [2.05, 4.69) is 42.7 Å². The number of nitrogens with one attached hydrogen (secondary N) is 2. The SMILES string of the molecule is C=C(C)CNC(=O)c1cc(Cl)cc(C)c1NC(=O)c1cc(Cn2nnc(C(F)(F)F)n2)nn1-c1ncccc1Cl. The van der Waals surface area contributed by atoms with Gasteiger partial charge in [-0.3, -0.25) is 9.59 Å². The van der Waals surface area contributed by atoms with Gasteiger partial charge in [0.2, 0.25) is 0 Å². The van der Waals surface area contributed by atoms with Gasteiger partial charge in [0.15, 0.2) is 5.82 Å². The van der Waals surface area contributed by atoms with Gasteiger partial charge < -0.3 is 10.6 Å². The van der Waals surface area contributed by atoms with Crippen molar-refractivity contribution in [3.8, 4) is 5.82 Å². The van der Waals surface area contributed by atoms with Gasteiger partial charge in [0, 0.05) is 17.8 Å². The lowest BCUT2D eigenvalue weighted by Crippen LogP contribution is -2.27. The van der Waals surface area contributed by atoms with Crippen LogP contribution in [0.5, 0.6) is 0 Å². The number of benzene rings is 1. The molecular formula is C24H20Cl2F3N9O2. The number of alkyl halides is 3. The average Bonchev–Trinajstić information content (AvgIpc) is 3.52. The van der Waals surface area contributed by atoms with E-state index < -0.39 is 23.8 Å². The highest BCUT2D eigenvalue weighted by Crippen LogP contribution is 2.28. The molecule has 0 bridgehead atoms. The Kier molecular flexibility index (Phi) is 8.21. The molecular weight excluding hydrogens is 574 g/mol. The zero-order chi connectivity index (χ0) is 29.2. The first-order valence-corrected chi connectivity index (χ1v) is 12.2. The molecule has 0 radical (unpaired) electrons. The number of pyridine rings is 1. The summed E-state index contributed by atoms with van der Waals surface area (Å²) < 4.78 is 39.8. The number of halogens is 5. The van der Waals surface area contributed by atoms with Crippen LogP contribution in [0.15, 0.2) is 48.7 Å². The van der Waals surface area contributed by atoms with Crippen LogP contribution < -0.4 is 10.6 Å². The highest BCUT2D eigenvalue weighted by Gasteiger charge is 2.37. The molecule has 3 heterocycles. The number of carbonyl (C=O) groups excluding carboxylic acids is 2. The molecule has 40 heavy (non-hydrogen) atoms. The molecule has 1 aromatic carbocycles. The van der Waals surface area contributed by atoms with Crippen molar-refractivity contribution in [2.75, 3.05) is 11.9 Å². The van der Waals surface area contributed by atoms with E-state index in [1.165, 1.54) is 24.4 Å². The summed E-state index contributed by atoms with van der Waals surface area (Å²) >= 11 is 12.5. The molecule has 11 nitrogen and oxygen atoms in total. The molecule has 3 aromatic heterocycles. The van der Waals surface area contributed by atoms with Gasteiger partial charge in [-0.25, -0.2) is 9.67 Å². The first-order valence-electron chi connectivity index (χ1n) is 11.4. The van der Waals surface area contributed by atoms with Gasteiger partial charge in [-0.1, -0.05) is 35.4 Å². The summed E-state index contributed by atoms with van der Waals surface area (Å²) in [5, 5.41) is 19.9. The Morgan fingerprint density at radius 1 is 1.12 bits per heavy atom. The van der Waals surface area contributed by atoms with E-state index in [-0.39, 0.29) is 51.6 Å². The second-order valence-electron chi connectivity index (χ2n) is 8.62. The topological polar surface area (TPSA) is 133 Å². The highest BCUT2D eigenvalue weighted by molar-refractivity contribution is 6.32. The number of anilines is 1. The molecule has 208 valence electrons. The van der Waals surface area contributed by atoms with Crippen LogP contribution in [0.3, 0.4) is 0 Å². The fourth-order valence-electron chi connectivity index (χ4n) is 3.52. The monoisotopic (exact) mass is 593 g/mol. The second kappa shape index (κ2) is 11.4.